The van der Waals surface area contributed by atoms with Gasteiger partial charge in [0, 0.05) is 18.9 Å². The second-order valence-corrected chi connectivity index (χ2v) is 5.98. The van der Waals surface area contributed by atoms with Gasteiger partial charge in [-0.05, 0) is 29.5 Å². The molecule has 2 heterocycles. The summed E-state index contributed by atoms with van der Waals surface area (Å²) >= 11 is 0. The Bertz CT molecular complexity index is 1080. The van der Waals surface area contributed by atoms with E-state index in [1.165, 1.54) is 5.56 Å². The smallest absolute Gasteiger partial charge is 0.274 e. The highest BCUT2D eigenvalue weighted by Crippen LogP contribution is 2.20. The van der Waals surface area contributed by atoms with Gasteiger partial charge in [0.25, 0.3) is 11.4 Å². The van der Waals surface area contributed by atoms with E-state index in [2.05, 4.69) is 22.3 Å². The van der Waals surface area contributed by atoms with Crippen LogP contribution < -0.4 is 5.56 Å². The number of rotatable bonds is 4. The highest BCUT2D eigenvalue weighted by Gasteiger charge is 2.14. The second-order valence-electron chi connectivity index (χ2n) is 5.98. The van der Waals surface area contributed by atoms with Gasteiger partial charge in [-0.1, -0.05) is 53.7 Å². The van der Waals surface area contributed by atoms with E-state index in [4.69, 9.17) is 4.52 Å². The summed E-state index contributed by atoms with van der Waals surface area (Å²) in [6, 6.07) is 19.6. The first-order valence-corrected chi connectivity index (χ1v) is 8.18. The van der Waals surface area contributed by atoms with E-state index in [-0.39, 0.29) is 5.56 Å². The van der Waals surface area contributed by atoms with Crippen LogP contribution in [0.2, 0.25) is 0 Å². The van der Waals surface area contributed by atoms with E-state index < -0.39 is 0 Å². The molecule has 0 N–H and O–H groups in total. The summed E-state index contributed by atoms with van der Waals surface area (Å²) in [7, 11) is 1.72. The Kier molecular flexibility index (Phi) is 3.90. The van der Waals surface area contributed by atoms with Gasteiger partial charge < -0.3 is 9.09 Å². The molecular formula is C20H17N3O2. The van der Waals surface area contributed by atoms with Crippen molar-refractivity contribution in [3.63, 3.8) is 0 Å². The molecule has 2 aromatic heterocycles. The summed E-state index contributed by atoms with van der Waals surface area (Å²) in [5.74, 6) is 1.01. The van der Waals surface area contributed by atoms with Crippen molar-refractivity contribution >= 4 is 10.8 Å². The second kappa shape index (κ2) is 6.36. The van der Waals surface area contributed by atoms with Crippen LogP contribution in [0.5, 0.6) is 0 Å². The molecule has 124 valence electrons. The monoisotopic (exact) mass is 331 g/mol. The SMILES string of the molecule is Cn1c(-c2nc(CCc3ccccc3)no2)cc2ccccc2c1=O. The molecule has 2 aromatic carbocycles. The van der Waals surface area contributed by atoms with E-state index in [0.29, 0.717) is 29.2 Å². The minimum absolute atomic E-state index is 0.0721. The molecule has 0 aliphatic rings. The molecule has 0 atom stereocenters. The average Bonchev–Trinajstić information content (AvgIpc) is 3.13. The molecule has 0 aliphatic heterocycles. The van der Waals surface area contributed by atoms with Crippen molar-refractivity contribution in [3.05, 3.63) is 82.4 Å². The van der Waals surface area contributed by atoms with E-state index >= 15 is 0 Å². The van der Waals surface area contributed by atoms with Crippen molar-refractivity contribution in [1.82, 2.24) is 14.7 Å². The van der Waals surface area contributed by atoms with E-state index in [1.807, 2.05) is 48.5 Å². The van der Waals surface area contributed by atoms with Crippen molar-refractivity contribution in [2.24, 2.45) is 7.05 Å². The largest absolute Gasteiger partial charge is 0.332 e. The lowest BCUT2D eigenvalue weighted by Gasteiger charge is -2.06. The van der Waals surface area contributed by atoms with Crippen molar-refractivity contribution in [3.8, 4) is 11.6 Å². The molecule has 0 bridgehead atoms. The lowest BCUT2D eigenvalue weighted by atomic mass is 10.1. The Balaban J connectivity index is 1.65. The number of aromatic nitrogens is 3. The molecule has 25 heavy (non-hydrogen) atoms. The van der Waals surface area contributed by atoms with Crippen LogP contribution in [0.3, 0.4) is 0 Å². The van der Waals surface area contributed by atoms with Gasteiger partial charge in [-0.3, -0.25) is 4.79 Å². The standard InChI is InChI=1S/C20H17N3O2/c1-23-17(13-15-9-5-6-10-16(15)20(23)24)19-21-18(22-25-19)12-11-14-7-3-2-4-8-14/h2-10,13H,11-12H2,1H3. The van der Waals surface area contributed by atoms with Crippen molar-refractivity contribution in [2.45, 2.75) is 12.8 Å². The van der Waals surface area contributed by atoms with Crippen LogP contribution in [0.25, 0.3) is 22.4 Å². The summed E-state index contributed by atoms with van der Waals surface area (Å²) in [5.41, 5.74) is 1.78. The van der Waals surface area contributed by atoms with Crippen LogP contribution >= 0.6 is 0 Å². The molecule has 0 aliphatic carbocycles. The minimum Gasteiger partial charge on any atom is -0.332 e. The third-order valence-electron chi connectivity index (χ3n) is 4.32. The molecule has 4 rings (SSSR count). The molecule has 0 unspecified atom stereocenters. The van der Waals surface area contributed by atoms with E-state index in [0.717, 1.165) is 11.8 Å². The fraction of sp³-hybridized carbons (Fsp3) is 0.150. The van der Waals surface area contributed by atoms with Gasteiger partial charge in [-0.2, -0.15) is 4.98 Å². The highest BCUT2D eigenvalue weighted by atomic mass is 16.5. The summed E-state index contributed by atoms with van der Waals surface area (Å²) < 4.78 is 6.96. The summed E-state index contributed by atoms with van der Waals surface area (Å²) in [6.45, 7) is 0. The molecule has 0 radical (unpaired) electrons. The van der Waals surface area contributed by atoms with Crippen LogP contribution in [0.15, 0.2) is 70.0 Å². The molecule has 5 nitrogen and oxygen atoms in total. The summed E-state index contributed by atoms with van der Waals surface area (Å²) in [5, 5.41) is 5.60. The number of hydrogen-bond donors (Lipinski definition) is 0. The minimum atomic E-state index is -0.0721. The third kappa shape index (κ3) is 2.96. The molecule has 0 saturated carbocycles. The van der Waals surface area contributed by atoms with Gasteiger partial charge in [0.05, 0.1) is 0 Å². The number of hydrogen-bond acceptors (Lipinski definition) is 4. The maximum absolute atomic E-state index is 12.5. The molecule has 0 saturated heterocycles. The normalized spacial score (nSPS) is 11.1. The van der Waals surface area contributed by atoms with Crippen molar-refractivity contribution < 1.29 is 4.52 Å². The van der Waals surface area contributed by atoms with Crippen LogP contribution in [0, 0.1) is 0 Å². The highest BCUT2D eigenvalue weighted by molar-refractivity contribution is 5.84. The van der Waals surface area contributed by atoms with Gasteiger partial charge in [-0.15, -0.1) is 0 Å². The first-order chi connectivity index (χ1) is 12.2. The fourth-order valence-electron chi connectivity index (χ4n) is 2.92. The quantitative estimate of drug-likeness (QED) is 0.575. The van der Waals surface area contributed by atoms with Gasteiger partial charge in [0.15, 0.2) is 5.82 Å². The summed E-state index contributed by atoms with van der Waals surface area (Å²) in [4.78, 5) is 17.0. The lowest BCUT2D eigenvalue weighted by Crippen LogP contribution is -2.18. The molecule has 0 fully saturated rings. The van der Waals surface area contributed by atoms with Gasteiger partial charge in [-0.25, -0.2) is 0 Å². The van der Waals surface area contributed by atoms with Crippen LogP contribution in [0.4, 0.5) is 0 Å². The number of aryl methyl sites for hydroxylation is 2. The maximum Gasteiger partial charge on any atom is 0.274 e. The Labute approximate surface area is 144 Å². The third-order valence-corrected chi connectivity index (χ3v) is 4.32. The number of pyridine rings is 1. The Morgan fingerprint density at radius 2 is 1.76 bits per heavy atom. The maximum atomic E-state index is 12.5. The zero-order valence-electron chi connectivity index (χ0n) is 13.8. The van der Waals surface area contributed by atoms with Crippen LogP contribution in [-0.4, -0.2) is 14.7 Å². The number of nitrogens with zero attached hydrogens (tertiary/aromatic N) is 3. The van der Waals surface area contributed by atoms with E-state index in [9.17, 15) is 4.79 Å². The van der Waals surface area contributed by atoms with Crippen molar-refractivity contribution in [2.75, 3.05) is 0 Å². The summed E-state index contributed by atoms with van der Waals surface area (Å²) in [6.07, 6.45) is 1.53. The zero-order chi connectivity index (χ0) is 17.2. The first-order valence-electron chi connectivity index (χ1n) is 8.18. The average molecular weight is 331 g/mol. The van der Waals surface area contributed by atoms with Gasteiger partial charge in [0.1, 0.15) is 5.69 Å². The Morgan fingerprint density at radius 3 is 2.60 bits per heavy atom. The fourth-order valence-corrected chi connectivity index (χ4v) is 2.92. The van der Waals surface area contributed by atoms with Crippen molar-refractivity contribution in [1.29, 1.82) is 0 Å². The predicted octanol–water partition coefficient (Wildman–Crippen LogP) is 3.37. The number of benzene rings is 2. The molecule has 5 heteroatoms. The van der Waals surface area contributed by atoms with Crippen LogP contribution in [-0.2, 0) is 19.9 Å². The van der Waals surface area contributed by atoms with Crippen LogP contribution in [0.1, 0.15) is 11.4 Å². The predicted molar refractivity (Wildman–Crippen MR) is 96.3 cm³/mol. The lowest BCUT2D eigenvalue weighted by molar-refractivity contribution is 0.419. The zero-order valence-corrected chi connectivity index (χ0v) is 13.8. The molecule has 0 amide bonds. The Morgan fingerprint density at radius 1 is 1.00 bits per heavy atom. The van der Waals surface area contributed by atoms with Gasteiger partial charge >= 0.3 is 0 Å². The van der Waals surface area contributed by atoms with Gasteiger partial charge in [0.2, 0.25) is 0 Å². The molecule has 0 spiro atoms. The topological polar surface area (TPSA) is 60.9 Å². The molecular weight excluding hydrogens is 314 g/mol. The first kappa shape index (κ1) is 15.3. The molecule has 4 aromatic rings. The van der Waals surface area contributed by atoms with E-state index in [1.54, 1.807) is 11.6 Å². The number of fused-ring (bicyclic) bond motifs is 1. The Hall–Kier alpha value is -3.21.